The van der Waals surface area contributed by atoms with Crippen LogP contribution in [-0.4, -0.2) is 75.5 Å². The highest BCUT2D eigenvalue weighted by atomic mass is 32.1. The number of rotatable bonds is 12. The summed E-state index contributed by atoms with van der Waals surface area (Å²) in [4.78, 5) is 58.6. The summed E-state index contributed by atoms with van der Waals surface area (Å²) >= 11 is 7.76. The van der Waals surface area contributed by atoms with Crippen molar-refractivity contribution in [1.82, 2.24) is 16.0 Å². The standard InChI is InChI=1S/C15H26N4O7S2/c1-6(2)11(16)14(24)18-8(4-27)13(23)17-7(3-10(20)21)12(22)19-9(5-28)15(25)26/h6-9,11,27-28H,3-5,16H2,1-2H3,(H,17,23)(H,18,24)(H,19,22)(H,20,21)(H,25,26). The van der Waals surface area contributed by atoms with E-state index in [-0.39, 0.29) is 17.4 Å². The van der Waals surface area contributed by atoms with Gasteiger partial charge in [-0.15, -0.1) is 0 Å². The molecule has 0 rings (SSSR count). The van der Waals surface area contributed by atoms with E-state index in [9.17, 15) is 24.0 Å². The Balaban J connectivity index is 5.21. The molecular formula is C15H26N4O7S2. The van der Waals surface area contributed by atoms with Crippen molar-refractivity contribution in [2.75, 3.05) is 11.5 Å². The molecule has 0 spiro atoms. The van der Waals surface area contributed by atoms with Crippen molar-refractivity contribution in [2.45, 2.75) is 44.4 Å². The lowest BCUT2D eigenvalue weighted by atomic mass is 10.0. The van der Waals surface area contributed by atoms with Crippen molar-refractivity contribution in [3.63, 3.8) is 0 Å². The number of hydrogen-bond acceptors (Lipinski definition) is 8. The maximum Gasteiger partial charge on any atom is 0.327 e. The highest BCUT2D eigenvalue weighted by molar-refractivity contribution is 7.80. The molecule has 4 atom stereocenters. The van der Waals surface area contributed by atoms with Gasteiger partial charge in [0.1, 0.15) is 18.1 Å². The molecule has 160 valence electrons. The van der Waals surface area contributed by atoms with Gasteiger partial charge in [-0.3, -0.25) is 19.2 Å². The van der Waals surface area contributed by atoms with Gasteiger partial charge in [-0.05, 0) is 5.92 Å². The van der Waals surface area contributed by atoms with Crippen LogP contribution in [0.4, 0.5) is 0 Å². The fourth-order valence-corrected chi connectivity index (χ4v) is 2.38. The van der Waals surface area contributed by atoms with Gasteiger partial charge in [0.05, 0.1) is 12.5 Å². The molecule has 4 unspecified atom stereocenters. The van der Waals surface area contributed by atoms with Gasteiger partial charge in [-0.2, -0.15) is 25.3 Å². The van der Waals surface area contributed by atoms with Crippen LogP contribution in [0.2, 0.25) is 0 Å². The van der Waals surface area contributed by atoms with Crippen LogP contribution in [0.15, 0.2) is 0 Å². The molecule has 7 N–H and O–H groups in total. The number of hydrogen-bond donors (Lipinski definition) is 8. The largest absolute Gasteiger partial charge is 0.481 e. The first-order valence-corrected chi connectivity index (χ1v) is 9.54. The van der Waals surface area contributed by atoms with Crippen molar-refractivity contribution in [3.05, 3.63) is 0 Å². The number of carbonyl (C=O) groups is 5. The van der Waals surface area contributed by atoms with Crippen LogP contribution < -0.4 is 21.7 Å². The van der Waals surface area contributed by atoms with Crippen molar-refractivity contribution in [3.8, 4) is 0 Å². The van der Waals surface area contributed by atoms with E-state index in [0.29, 0.717) is 0 Å². The minimum atomic E-state index is -1.57. The summed E-state index contributed by atoms with van der Waals surface area (Å²) in [6, 6.07) is -4.98. The van der Waals surface area contributed by atoms with Gasteiger partial charge in [0.25, 0.3) is 0 Å². The fraction of sp³-hybridized carbons (Fsp3) is 0.667. The van der Waals surface area contributed by atoms with Crippen molar-refractivity contribution >= 4 is 54.9 Å². The molecule has 0 aromatic heterocycles. The molecule has 0 aromatic carbocycles. The summed E-state index contributed by atoms with van der Waals surface area (Å²) in [7, 11) is 0. The van der Waals surface area contributed by atoms with Gasteiger partial charge >= 0.3 is 11.9 Å². The van der Waals surface area contributed by atoms with Crippen molar-refractivity contribution < 1.29 is 34.2 Å². The van der Waals surface area contributed by atoms with E-state index in [1.165, 1.54) is 0 Å². The molecule has 3 amide bonds. The second-order valence-corrected chi connectivity index (χ2v) is 6.98. The summed E-state index contributed by atoms with van der Waals surface area (Å²) in [5.41, 5.74) is 5.70. The topological polar surface area (TPSA) is 188 Å². The molecule has 0 radical (unpaired) electrons. The van der Waals surface area contributed by atoms with Crippen LogP contribution >= 0.6 is 25.3 Å². The molecule has 0 saturated heterocycles. The lowest BCUT2D eigenvalue weighted by Gasteiger charge is -2.24. The van der Waals surface area contributed by atoms with Crippen LogP contribution in [0.5, 0.6) is 0 Å². The van der Waals surface area contributed by atoms with Gasteiger partial charge in [0.2, 0.25) is 17.7 Å². The Morgan fingerprint density at radius 2 is 1.25 bits per heavy atom. The molecule has 0 aliphatic carbocycles. The van der Waals surface area contributed by atoms with Crippen LogP contribution in [0.3, 0.4) is 0 Å². The maximum atomic E-state index is 12.4. The molecule has 0 saturated carbocycles. The first-order chi connectivity index (χ1) is 12.9. The Morgan fingerprint density at radius 3 is 1.64 bits per heavy atom. The van der Waals surface area contributed by atoms with Crippen molar-refractivity contribution in [2.24, 2.45) is 11.7 Å². The predicted octanol–water partition coefficient (Wildman–Crippen LogP) is -2.16. The van der Waals surface area contributed by atoms with Gasteiger partial charge in [0, 0.05) is 11.5 Å². The predicted molar refractivity (Wildman–Crippen MR) is 106 cm³/mol. The minimum absolute atomic E-state index is 0.141. The number of amides is 3. The monoisotopic (exact) mass is 438 g/mol. The second-order valence-electron chi connectivity index (χ2n) is 6.25. The van der Waals surface area contributed by atoms with E-state index in [2.05, 4.69) is 41.2 Å². The number of nitrogens with two attached hydrogens (primary N) is 1. The Morgan fingerprint density at radius 1 is 0.821 bits per heavy atom. The summed E-state index contributed by atoms with van der Waals surface area (Å²) in [6.07, 6.45) is -0.796. The Labute approximate surface area is 173 Å². The Kier molecular flexibility index (Phi) is 11.6. The van der Waals surface area contributed by atoms with Crippen LogP contribution in [0.25, 0.3) is 0 Å². The summed E-state index contributed by atoms with van der Waals surface area (Å²) in [6.45, 7) is 3.43. The number of carboxylic acid groups (broad SMARTS) is 2. The third-order valence-corrected chi connectivity index (χ3v) is 4.38. The Bertz CT molecular complexity index is 603. The second kappa shape index (κ2) is 12.5. The van der Waals surface area contributed by atoms with E-state index >= 15 is 0 Å². The van der Waals surface area contributed by atoms with Gasteiger partial charge in [0.15, 0.2) is 0 Å². The first-order valence-electron chi connectivity index (χ1n) is 8.27. The molecule has 13 heteroatoms. The van der Waals surface area contributed by atoms with Gasteiger partial charge in [-0.25, -0.2) is 4.79 Å². The van der Waals surface area contributed by atoms with Crippen LogP contribution in [0.1, 0.15) is 20.3 Å². The fourth-order valence-electron chi connectivity index (χ4n) is 1.88. The smallest absolute Gasteiger partial charge is 0.327 e. The van der Waals surface area contributed by atoms with Gasteiger partial charge < -0.3 is 31.9 Å². The molecule has 0 bridgehead atoms. The quantitative estimate of drug-likeness (QED) is 0.158. The molecule has 0 aliphatic rings. The SMILES string of the molecule is CC(C)C(N)C(=O)NC(CS)C(=O)NC(CC(=O)O)C(=O)NC(CS)C(=O)O. The average Bonchev–Trinajstić information content (AvgIpc) is 2.61. The third-order valence-electron chi connectivity index (χ3n) is 3.65. The molecule has 0 aliphatic heterocycles. The number of thiol groups is 2. The zero-order chi connectivity index (χ0) is 22.0. The number of carbonyl (C=O) groups excluding carboxylic acids is 3. The molecule has 11 nitrogen and oxygen atoms in total. The highest BCUT2D eigenvalue weighted by Gasteiger charge is 2.31. The normalized spacial score (nSPS) is 15.1. The zero-order valence-electron chi connectivity index (χ0n) is 15.4. The first kappa shape index (κ1) is 26.0. The van der Waals surface area contributed by atoms with Crippen molar-refractivity contribution in [1.29, 1.82) is 0 Å². The minimum Gasteiger partial charge on any atom is -0.481 e. The number of nitrogens with one attached hydrogen (secondary N) is 3. The number of carboxylic acids is 2. The van der Waals surface area contributed by atoms with Crippen LogP contribution in [-0.2, 0) is 24.0 Å². The highest BCUT2D eigenvalue weighted by Crippen LogP contribution is 2.02. The molecular weight excluding hydrogens is 412 g/mol. The zero-order valence-corrected chi connectivity index (χ0v) is 17.2. The average molecular weight is 439 g/mol. The molecule has 0 fully saturated rings. The maximum absolute atomic E-state index is 12.4. The molecule has 0 heterocycles. The molecule has 28 heavy (non-hydrogen) atoms. The van der Waals surface area contributed by atoms with E-state index in [4.69, 9.17) is 15.9 Å². The summed E-state index contributed by atoms with van der Waals surface area (Å²) in [5, 5.41) is 24.6. The van der Waals surface area contributed by atoms with E-state index < -0.39 is 60.2 Å². The third kappa shape index (κ3) is 8.80. The van der Waals surface area contributed by atoms with Crippen LogP contribution in [0, 0.1) is 5.92 Å². The lowest BCUT2D eigenvalue weighted by Crippen LogP contribution is -2.58. The van der Waals surface area contributed by atoms with E-state index in [0.717, 1.165) is 0 Å². The summed E-state index contributed by atoms with van der Waals surface area (Å²) < 4.78 is 0. The molecule has 0 aromatic rings. The van der Waals surface area contributed by atoms with Gasteiger partial charge in [-0.1, -0.05) is 13.8 Å². The Hall–Kier alpha value is -1.99. The van der Waals surface area contributed by atoms with E-state index in [1.807, 2.05) is 0 Å². The van der Waals surface area contributed by atoms with E-state index in [1.54, 1.807) is 13.8 Å². The number of aliphatic carboxylic acids is 2. The lowest BCUT2D eigenvalue weighted by molar-refractivity contribution is -0.143. The summed E-state index contributed by atoms with van der Waals surface area (Å²) in [5.74, 6) is -5.82.